The molecule has 0 aliphatic carbocycles. The van der Waals surface area contributed by atoms with Crippen molar-refractivity contribution in [2.45, 2.75) is 200 Å². The number of Topliss-reactive ketones (excluding diaryl/α,β-unsaturated/α-hetero) is 3. The average molecular weight is 944 g/mol. The molecule has 0 aliphatic rings. The van der Waals surface area contributed by atoms with Gasteiger partial charge in [-0.25, -0.2) is 4.98 Å². The van der Waals surface area contributed by atoms with Gasteiger partial charge < -0.3 is 49.0 Å². The van der Waals surface area contributed by atoms with E-state index in [0.29, 0.717) is 25.0 Å². The number of carboxylic acids is 1. The highest BCUT2D eigenvalue weighted by Crippen LogP contribution is 2.21. The SMILES string of the molecule is CCCCCCCCCCCCCCCC(=O)N[C@@H](CC(C)C)C(=O)C[C@@H](CCC(=O)O)C(=O)N[C@@H](CCCN=C(N)N)C(=O)C[C@@H](Cc1cnc[nH]1)C(=O)N[C@@H](CCCN=C(N)N)C(C)=O. The van der Waals surface area contributed by atoms with Crippen molar-refractivity contribution in [3.8, 4) is 0 Å². The minimum atomic E-state index is -1.18. The molecular formula is C48H85N11O8. The number of rotatable bonds is 41. The molecule has 3 amide bonds. The van der Waals surface area contributed by atoms with Crippen LogP contribution >= 0.6 is 0 Å². The van der Waals surface area contributed by atoms with Crippen molar-refractivity contribution < 1.29 is 38.7 Å². The number of carbonyl (C=O) groups is 7. The first-order chi connectivity index (χ1) is 31.9. The van der Waals surface area contributed by atoms with Crippen LogP contribution in [0.2, 0.25) is 0 Å². The van der Waals surface area contributed by atoms with Crippen molar-refractivity contribution in [1.82, 2.24) is 25.9 Å². The minimum absolute atomic E-state index is 0.0198. The fraction of sp³-hybridized carbons (Fsp3) is 0.750. The summed E-state index contributed by atoms with van der Waals surface area (Å²) in [5.74, 6) is -6.37. The summed E-state index contributed by atoms with van der Waals surface area (Å²) in [5.41, 5.74) is 22.4. The predicted molar refractivity (Wildman–Crippen MR) is 261 cm³/mol. The number of guanidine groups is 2. The third-order valence-electron chi connectivity index (χ3n) is 11.7. The van der Waals surface area contributed by atoms with Crippen LogP contribution in [0.1, 0.15) is 181 Å². The molecule has 0 fully saturated rings. The number of aromatic nitrogens is 2. The maximum Gasteiger partial charge on any atom is 0.303 e. The first-order valence-corrected chi connectivity index (χ1v) is 24.7. The van der Waals surface area contributed by atoms with Gasteiger partial charge in [-0.15, -0.1) is 0 Å². The monoisotopic (exact) mass is 944 g/mol. The number of aliphatic imine (C=N–C) groups is 2. The summed E-state index contributed by atoms with van der Waals surface area (Å²) in [7, 11) is 0. The molecule has 0 bridgehead atoms. The van der Waals surface area contributed by atoms with Crippen LogP contribution < -0.4 is 38.9 Å². The van der Waals surface area contributed by atoms with E-state index in [1.54, 1.807) is 0 Å². The largest absolute Gasteiger partial charge is 0.481 e. The number of nitrogens with one attached hydrogen (secondary N) is 4. The Kier molecular flexibility index (Phi) is 31.9. The number of carboxylic acid groups (broad SMARTS) is 1. The van der Waals surface area contributed by atoms with Crippen molar-refractivity contribution in [2.75, 3.05) is 13.1 Å². The van der Waals surface area contributed by atoms with E-state index in [1.165, 1.54) is 77.2 Å². The predicted octanol–water partition coefficient (Wildman–Crippen LogP) is 4.65. The molecule has 1 rings (SSSR count). The van der Waals surface area contributed by atoms with Crippen molar-refractivity contribution in [3.63, 3.8) is 0 Å². The highest BCUT2D eigenvalue weighted by atomic mass is 16.4. The Hall–Kier alpha value is -5.36. The Morgan fingerprint density at radius 3 is 1.63 bits per heavy atom. The number of carbonyl (C=O) groups excluding carboxylic acids is 6. The van der Waals surface area contributed by atoms with Crippen LogP contribution in [0, 0.1) is 17.8 Å². The summed E-state index contributed by atoms with van der Waals surface area (Å²) < 4.78 is 0. The molecule has 1 aromatic rings. The number of hydrogen-bond donors (Lipinski definition) is 9. The molecule has 0 saturated carbocycles. The summed E-state index contributed by atoms with van der Waals surface area (Å²) >= 11 is 0. The first kappa shape index (κ1) is 59.7. The summed E-state index contributed by atoms with van der Waals surface area (Å²) in [5, 5.41) is 18.0. The van der Waals surface area contributed by atoms with Crippen molar-refractivity contribution >= 4 is 53.0 Å². The van der Waals surface area contributed by atoms with Crippen LogP contribution in [-0.4, -0.2) is 99.2 Å². The van der Waals surface area contributed by atoms with Gasteiger partial charge in [0.15, 0.2) is 29.3 Å². The van der Waals surface area contributed by atoms with E-state index in [-0.39, 0.29) is 94.0 Å². The van der Waals surface area contributed by atoms with Gasteiger partial charge in [0.05, 0.1) is 30.4 Å². The summed E-state index contributed by atoms with van der Waals surface area (Å²) in [6.07, 6.45) is 18.4. The van der Waals surface area contributed by atoms with Gasteiger partial charge in [0, 0.05) is 63.0 Å². The number of aliphatic carboxylic acids is 1. The van der Waals surface area contributed by atoms with E-state index in [9.17, 15) is 38.7 Å². The Balaban J connectivity index is 3.13. The zero-order valence-electron chi connectivity index (χ0n) is 41.0. The summed E-state index contributed by atoms with van der Waals surface area (Å²) in [6.45, 7) is 7.77. The molecule has 0 aliphatic heterocycles. The number of nitrogens with two attached hydrogens (primary N) is 4. The Morgan fingerprint density at radius 1 is 0.642 bits per heavy atom. The molecular weight excluding hydrogens is 859 g/mol. The average Bonchev–Trinajstić information content (AvgIpc) is 3.78. The van der Waals surface area contributed by atoms with Crippen LogP contribution in [-0.2, 0) is 40.0 Å². The first-order valence-electron chi connectivity index (χ1n) is 24.7. The van der Waals surface area contributed by atoms with Crippen LogP contribution in [0.3, 0.4) is 0 Å². The molecule has 19 nitrogen and oxygen atoms in total. The topological polar surface area (TPSA) is 333 Å². The fourth-order valence-corrected chi connectivity index (χ4v) is 7.90. The van der Waals surface area contributed by atoms with Gasteiger partial charge in [-0.1, -0.05) is 97.8 Å². The fourth-order valence-electron chi connectivity index (χ4n) is 7.90. The second kappa shape index (κ2) is 35.8. The smallest absolute Gasteiger partial charge is 0.303 e. The molecule has 1 aromatic heterocycles. The van der Waals surface area contributed by atoms with Crippen LogP contribution in [0.25, 0.3) is 0 Å². The standard InChI is InChI=1S/C48H85N11O8/c1-5-6-7-8-9-10-11-12-13-14-15-16-17-22-43(63)57-40(27-33(2)3)42(62)29-35(23-24-44(64)65)45(66)59-39(21-19-26-55-48(51)52)41(61)30-36(28-37-31-53-32-56-37)46(67)58-38(34(4)60)20-18-25-54-47(49)50/h31-33,35-36,38-40H,5-30H2,1-4H3,(H,53,56)(H,57,63)(H,58,67)(H,59,66)(H,64,65)(H4,49,50,54)(H4,51,52,55)/t35-,36-,38+,39+,40+/m1/s1. The number of nitrogens with zero attached hydrogens (tertiary/aromatic N) is 3. The van der Waals surface area contributed by atoms with Crippen LogP contribution in [0.15, 0.2) is 22.5 Å². The molecule has 0 unspecified atom stereocenters. The van der Waals surface area contributed by atoms with E-state index in [2.05, 4.69) is 42.8 Å². The van der Waals surface area contributed by atoms with Gasteiger partial charge in [-0.05, 0) is 57.8 Å². The van der Waals surface area contributed by atoms with E-state index in [1.807, 2.05) is 13.8 Å². The van der Waals surface area contributed by atoms with Crippen LogP contribution in [0.4, 0.5) is 0 Å². The maximum absolute atomic E-state index is 14.2. The van der Waals surface area contributed by atoms with Gasteiger partial charge in [0.25, 0.3) is 0 Å². The lowest BCUT2D eigenvalue weighted by Crippen LogP contribution is -2.48. The van der Waals surface area contributed by atoms with Gasteiger partial charge >= 0.3 is 5.97 Å². The third-order valence-corrected chi connectivity index (χ3v) is 11.7. The van der Waals surface area contributed by atoms with E-state index >= 15 is 0 Å². The van der Waals surface area contributed by atoms with Crippen molar-refractivity contribution in [3.05, 3.63) is 18.2 Å². The highest BCUT2D eigenvalue weighted by molar-refractivity contribution is 5.96. The second-order valence-electron chi connectivity index (χ2n) is 18.3. The number of hydrogen-bond acceptors (Lipinski definition) is 10. The summed E-state index contributed by atoms with van der Waals surface area (Å²) in [4.78, 5) is 108. The molecule has 5 atom stereocenters. The number of ketones is 3. The molecule has 1 heterocycles. The molecule has 0 spiro atoms. The number of H-pyrrole nitrogens is 1. The second-order valence-corrected chi connectivity index (χ2v) is 18.3. The summed E-state index contributed by atoms with van der Waals surface area (Å²) in [6, 6.07) is -2.96. The normalized spacial score (nSPS) is 13.4. The number of unbranched alkanes of at least 4 members (excludes halogenated alkanes) is 12. The number of imidazole rings is 1. The van der Waals surface area contributed by atoms with Crippen molar-refractivity contribution in [2.24, 2.45) is 50.7 Å². The quantitative estimate of drug-likeness (QED) is 0.0246. The molecule has 0 saturated heterocycles. The van der Waals surface area contributed by atoms with Gasteiger partial charge in [-0.2, -0.15) is 0 Å². The van der Waals surface area contributed by atoms with Crippen LogP contribution in [0.5, 0.6) is 0 Å². The van der Waals surface area contributed by atoms with E-state index in [4.69, 9.17) is 22.9 Å². The zero-order chi connectivity index (χ0) is 50.0. The molecule has 19 heteroatoms. The molecule has 67 heavy (non-hydrogen) atoms. The lowest BCUT2D eigenvalue weighted by molar-refractivity contribution is -0.139. The van der Waals surface area contributed by atoms with E-state index in [0.717, 1.165) is 19.3 Å². The van der Waals surface area contributed by atoms with Gasteiger partial charge in [0.1, 0.15) is 0 Å². The molecule has 0 radical (unpaired) electrons. The zero-order valence-corrected chi connectivity index (χ0v) is 41.0. The lowest BCUT2D eigenvalue weighted by atomic mass is 9.88. The van der Waals surface area contributed by atoms with Gasteiger partial charge in [-0.3, -0.25) is 43.5 Å². The maximum atomic E-state index is 14.2. The lowest BCUT2D eigenvalue weighted by Gasteiger charge is -2.26. The Labute approximate surface area is 398 Å². The molecule has 0 aromatic carbocycles. The third kappa shape index (κ3) is 29.8. The van der Waals surface area contributed by atoms with Crippen molar-refractivity contribution in [1.29, 1.82) is 0 Å². The van der Waals surface area contributed by atoms with Gasteiger partial charge in [0.2, 0.25) is 17.7 Å². The highest BCUT2D eigenvalue weighted by Gasteiger charge is 2.33. The molecule has 380 valence electrons. The molecule has 13 N–H and O–H groups in total. The Bertz CT molecular complexity index is 1680. The van der Waals surface area contributed by atoms with E-state index < -0.39 is 65.7 Å². The number of aromatic amines is 1. The minimum Gasteiger partial charge on any atom is -0.481 e. The Morgan fingerprint density at radius 2 is 1.13 bits per heavy atom. The number of amides is 3.